The van der Waals surface area contributed by atoms with Crippen molar-refractivity contribution in [1.82, 2.24) is 9.88 Å². The van der Waals surface area contributed by atoms with E-state index < -0.39 is 13.0 Å². The third-order valence-electron chi connectivity index (χ3n) is 1.99. The zero-order valence-corrected chi connectivity index (χ0v) is 9.51. The molecule has 0 aliphatic carbocycles. The second-order valence-electron chi connectivity index (χ2n) is 3.35. The monoisotopic (exact) mass is 247 g/mol. The lowest BCUT2D eigenvalue weighted by molar-refractivity contribution is 0.113. The fraction of sp³-hybridized carbons (Fsp3) is 0.400. The van der Waals surface area contributed by atoms with Gasteiger partial charge in [-0.15, -0.1) is 0 Å². The van der Waals surface area contributed by atoms with E-state index in [0.717, 1.165) is 5.56 Å². The number of aromatic nitrogens is 1. The average Bonchev–Trinajstić information content (AvgIpc) is 2.19. The summed E-state index contributed by atoms with van der Waals surface area (Å²) in [7, 11) is 0. The summed E-state index contributed by atoms with van der Waals surface area (Å²) in [5, 5.41) is 7.74. The molecular weight excluding hydrogens is 236 g/mol. The van der Waals surface area contributed by atoms with Crippen LogP contribution in [0, 0.1) is 5.41 Å². The number of rotatable bonds is 4. The smallest absolute Gasteiger partial charge is 0.255 e. The number of pyridine rings is 1. The highest BCUT2D eigenvalue weighted by Crippen LogP contribution is 2.09. The van der Waals surface area contributed by atoms with Gasteiger partial charge in [-0.3, -0.25) is 5.41 Å². The van der Waals surface area contributed by atoms with E-state index in [0.29, 0.717) is 5.15 Å². The highest BCUT2D eigenvalue weighted by atomic mass is 35.5. The van der Waals surface area contributed by atoms with Crippen LogP contribution in [0.2, 0.25) is 5.15 Å². The Bertz CT molecular complexity index is 354. The summed E-state index contributed by atoms with van der Waals surface area (Å²) in [4.78, 5) is 5.14. The van der Waals surface area contributed by atoms with Crippen molar-refractivity contribution in [2.75, 3.05) is 6.54 Å². The second-order valence-corrected chi connectivity index (χ2v) is 3.73. The van der Waals surface area contributed by atoms with Crippen LogP contribution in [0.5, 0.6) is 0 Å². The van der Waals surface area contributed by atoms with Gasteiger partial charge in [0.15, 0.2) is 0 Å². The molecule has 0 aliphatic heterocycles. The Morgan fingerprint density at radius 2 is 2.25 bits per heavy atom. The molecular formula is C10H12ClF2N3. The lowest BCUT2D eigenvalue weighted by Crippen LogP contribution is -2.32. The lowest BCUT2D eigenvalue weighted by atomic mass is 10.2. The van der Waals surface area contributed by atoms with E-state index in [1.54, 1.807) is 12.1 Å². The van der Waals surface area contributed by atoms with E-state index in [2.05, 4.69) is 4.98 Å². The molecule has 1 N–H and O–H groups in total. The fourth-order valence-electron chi connectivity index (χ4n) is 1.21. The molecule has 0 spiro atoms. The predicted molar refractivity (Wildman–Crippen MR) is 59.1 cm³/mol. The first-order valence-electron chi connectivity index (χ1n) is 4.67. The van der Waals surface area contributed by atoms with Gasteiger partial charge >= 0.3 is 0 Å². The van der Waals surface area contributed by atoms with Crippen molar-refractivity contribution in [1.29, 1.82) is 5.41 Å². The summed E-state index contributed by atoms with van der Waals surface area (Å²) in [5.74, 6) is 0.107. The Balaban J connectivity index is 2.68. The molecule has 6 heteroatoms. The minimum Gasteiger partial charge on any atom is -0.351 e. The van der Waals surface area contributed by atoms with E-state index in [1.165, 1.54) is 18.0 Å². The highest BCUT2D eigenvalue weighted by Gasteiger charge is 2.13. The number of amidine groups is 1. The number of nitrogens with one attached hydrogen (secondary N) is 1. The minimum absolute atomic E-state index is 0.107. The first-order chi connectivity index (χ1) is 7.49. The molecule has 1 rings (SSSR count). The van der Waals surface area contributed by atoms with Crippen LogP contribution < -0.4 is 0 Å². The van der Waals surface area contributed by atoms with Crippen molar-refractivity contribution >= 4 is 17.4 Å². The van der Waals surface area contributed by atoms with Crippen molar-refractivity contribution in [3.8, 4) is 0 Å². The van der Waals surface area contributed by atoms with E-state index in [4.69, 9.17) is 17.0 Å². The molecule has 0 radical (unpaired) electrons. The van der Waals surface area contributed by atoms with Crippen molar-refractivity contribution in [2.45, 2.75) is 19.9 Å². The molecule has 0 saturated heterocycles. The van der Waals surface area contributed by atoms with Gasteiger partial charge < -0.3 is 4.90 Å². The van der Waals surface area contributed by atoms with Gasteiger partial charge in [-0.05, 0) is 18.6 Å². The molecule has 1 aromatic heterocycles. The fourth-order valence-corrected chi connectivity index (χ4v) is 1.32. The molecule has 16 heavy (non-hydrogen) atoms. The SMILES string of the molecule is CC(=N)N(Cc1ccc(Cl)nc1)CC(F)F. The van der Waals surface area contributed by atoms with Gasteiger partial charge in [0.05, 0.1) is 12.4 Å². The summed E-state index contributed by atoms with van der Waals surface area (Å²) < 4.78 is 24.5. The molecule has 0 saturated carbocycles. The summed E-state index contributed by atoms with van der Waals surface area (Å²) in [5.41, 5.74) is 0.747. The maximum absolute atomic E-state index is 12.2. The zero-order valence-electron chi connectivity index (χ0n) is 8.75. The Morgan fingerprint density at radius 1 is 1.56 bits per heavy atom. The van der Waals surface area contributed by atoms with Gasteiger partial charge in [-0.1, -0.05) is 17.7 Å². The molecule has 0 aromatic carbocycles. The van der Waals surface area contributed by atoms with Crippen molar-refractivity contribution in [3.05, 3.63) is 29.0 Å². The summed E-state index contributed by atoms with van der Waals surface area (Å²) in [6.07, 6.45) is -0.940. The molecule has 0 amide bonds. The standard InChI is InChI=1S/C10H12ClF2N3/c1-7(14)16(6-10(12)13)5-8-2-3-9(11)15-4-8/h2-4,10,14H,5-6H2,1H3. The van der Waals surface area contributed by atoms with Crippen LogP contribution >= 0.6 is 11.6 Å². The van der Waals surface area contributed by atoms with Gasteiger partial charge in [-0.25, -0.2) is 13.8 Å². The molecule has 1 aromatic rings. The van der Waals surface area contributed by atoms with Crippen LogP contribution in [0.3, 0.4) is 0 Å². The zero-order chi connectivity index (χ0) is 12.1. The quantitative estimate of drug-likeness (QED) is 0.505. The van der Waals surface area contributed by atoms with Crippen LogP contribution in [-0.4, -0.2) is 28.7 Å². The number of hydrogen-bond acceptors (Lipinski definition) is 2. The maximum Gasteiger partial charge on any atom is 0.255 e. The van der Waals surface area contributed by atoms with E-state index >= 15 is 0 Å². The minimum atomic E-state index is -2.46. The molecule has 0 fully saturated rings. The van der Waals surface area contributed by atoms with Crippen LogP contribution in [-0.2, 0) is 6.54 Å². The van der Waals surface area contributed by atoms with Gasteiger partial charge in [0.1, 0.15) is 5.15 Å². The second kappa shape index (κ2) is 5.75. The normalized spacial score (nSPS) is 10.6. The summed E-state index contributed by atoms with van der Waals surface area (Å²) in [6.45, 7) is 1.27. The van der Waals surface area contributed by atoms with E-state index in [1.807, 2.05) is 0 Å². The topological polar surface area (TPSA) is 40.0 Å². The van der Waals surface area contributed by atoms with E-state index in [-0.39, 0.29) is 12.4 Å². The highest BCUT2D eigenvalue weighted by molar-refractivity contribution is 6.29. The molecule has 0 bridgehead atoms. The molecule has 3 nitrogen and oxygen atoms in total. The largest absolute Gasteiger partial charge is 0.351 e. The molecule has 0 aliphatic rings. The van der Waals surface area contributed by atoms with Crippen LogP contribution in [0.4, 0.5) is 8.78 Å². The summed E-state index contributed by atoms with van der Waals surface area (Å²) >= 11 is 5.61. The Kier molecular flexibility index (Phi) is 4.61. The van der Waals surface area contributed by atoms with Gasteiger partial charge in [0.25, 0.3) is 6.43 Å². The van der Waals surface area contributed by atoms with Crippen molar-refractivity contribution in [2.24, 2.45) is 0 Å². The first-order valence-corrected chi connectivity index (χ1v) is 5.05. The van der Waals surface area contributed by atoms with Gasteiger partial charge in [0, 0.05) is 12.7 Å². The molecule has 0 unspecified atom stereocenters. The Morgan fingerprint density at radius 3 is 2.69 bits per heavy atom. The summed E-state index contributed by atoms with van der Waals surface area (Å²) in [6, 6.07) is 3.30. The third-order valence-corrected chi connectivity index (χ3v) is 2.22. The van der Waals surface area contributed by atoms with Crippen molar-refractivity contribution < 1.29 is 8.78 Å². The van der Waals surface area contributed by atoms with E-state index in [9.17, 15) is 8.78 Å². The van der Waals surface area contributed by atoms with Crippen LogP contribution in [0.25, 0.3) is 0 Å². The molecule has 0 atom stereocenters. The molecule has 1 heterocycles. The van der Waals surface area contributed by atoms with Gasteiger partial charge in [-0.2, -0.15) is 0 Å². The Labute approximate surface area is 97.6 Å². The predicted octanol–water partition coefficient (Wildman–Crippen LogP) is 2.80. The maximum atomic E-state index is 12.2. The first kappa shape index (κ1) is 12.8. The van der Waals surface area contributed by atoms with Crippen LogP contribution in [0.1, 0.15) is 12.5 Å². The Hall–Kier alpha value is -1.23. The number of halogens is 3. The van der Waals surface area contributed by atoms with Crippen molar-refractivity contribution in [3.63, 3.8) is 0 Å². The van der Waals surface area contributed by atoms with Crippen LogP contribution in [0.15, 0.2) is 18.3 Å². The lowest BCUT2D eigenvalue weighted by Gasteiger charge is -2.22. The molecule has 88 valence electrons. The van der Waals surface area contributed by atoms with Gasteiger partial charge in [0.2, 0.25) is 0 Å². The number of hydrogen-bond donors (Lipinski definition) is 1. The average molecular weight is 248 g/mol. The number of nitrogens with zero attached hydrogens (tertiary/aromatic N) is 2. The number of alkyl halides is 2. The third kappa shape index (κ3) is 4.10.